The van der Waals surface area contributed by atoms with Crippen LogP contribution < -0.4 is 0 Å². The van der Waals surface area contributed by atoms with Crippen LogP contribution in [0.5, 0.6) is 0 Å². The lowest BCUT2D eigenvalue weighted by molar-refractivity contribution is -0.157. The topological polar surface area (TPSA) is 63.6 Å². The Balaban J connectivity index is 4.86. The first-order valence-electron chi connectivity index (χ1n) is 5.01. The summed E-state index contributed by atoms with van der Waals surface area (Å²) in [6, 6.07) is 0. The maximum absolute atomic E-state index is 11.9. The van der Waals surface area contributed by atoms with Gasteiger partial charge in [0.15, 0.2) is 5.78 Å². The smallest absolute Gasteiger partial charge is 0.308 e. The van der Waals surface area contributed by atoms with Gasteiger partial charge in [-0.1, -0.05) is 27.7 Å². The highest BCUT2D eigenvalue weighted by Crippen LogP contribution is 2.28. The van der Waals surface area contributed by atoms with Crippen molar-refractivity contribution in [2.75, 3.05) is 7.11 Å². The average molecular weight is 216 g/mol. The van der Waals surface area contributed by atoms with E-state index in [2.05, 4.69) is 4.74 Å². The second-order valence-corrected chi connectivity index (χ2v) is 4.72. The van der Waals surface area contributed by atoms with E-state index in [0.29, 0.717) is 0 Å². The zero-order valence-electron chi connectivity index (χ0n) is 10.1. The monoisotopic (exact) mass is 216 g/mol. The summed E-state index contributed by atoms with van der Waals surface area (Å²) < 4.78 is 4.46. The minimum atomic E-state index is -1.61. The fraction of sp³-hybridized carbons (Fsp3) is 0.818. The van der Waals surface area contributed by atoms with Gasteiger partial charge in [-0.2, -0.15) is 0 Å². The predicted molar refractivity (Wildman–Crippen MR) is 56.3 cm³/mol. The molecular formula is C11H20O4. The van der Waals surface area contributed by atoms with Crippen molar-refractivity contribution in [3.63, 3.8) is 0 Å². The van der Waals surface area contributed by atoms with Crippen molar-refractivity contribution >= 4 is 11.8 Å². The number of esters is 1. The fourth-order valence-corrected chi connectivity index (χ4v) is 1.37. The summed E-state index contributed by atoms with van der Waals surface area (Å²) in [7, 11) is 1.24. The van der Waals surface area contributed by atoms with Gasteiger partial charge >= 0.3 is 5.97 Å². The number of rotatable bonds is 4. The minimum absolute atomic E-state index is 0.207. The Bertz CT molecular complexity index is 252. The lowest BCUT2D eigenvalue weighted by atomic mass is 9.77. The van der Waals surface area contributed by atoms with Gasteiger partial charge in [0.2, 0.25) is 0 Å². The van der Waals surface area contributed by atoms with Crippen LogP contribution >= 0.6 is 0 Å². The van der Waals surface area contributed by atoms with Crippen molar-refractivity contribution < 1.29 is 19.4 Å². The van der Waals surface area contributed by atoms with E-state index in [1.54, 1.807) is 27.7 Å². The van der Waals surface area contributed by atoms with E-state index in [-0.39, 0.29) is 18.6 Å². The zero-order valence-corrected chi connectivity index (χ0v) is 10.1. The van der Waals surface area contributed by atoms with E-state index in [0.717, 1.165) is 0 Å². The van der Waals surface area contributed by atoms with E-state index in [1.807, 2.05) is 0 Å². The van der Waals surface area contributed by atoms with Crippen molar-refractivity contribution in [2.45, 2.75) is 46.1 Å². The molecule has 0 aliphatic rings. The van der Waals surface area contributed by atoms with Crippen molar-refractivity contribution in [1.29, 1.82) is 0 Å². The number of ether oxygens (including phenoxy) is 1. The summed E-state index contributed by atoms with van der Waals surface area (Å²) in [5.41, 5.74) is -2.27. The number of hydrogen-bond donors (Lipinski definition) is 1. The molecule has 4 heteroatoms. The normalized spacial score (nSPS) is 15.6. The Kier molecular flexibility index (Phi) is 4.46. The maximum atomic E-state index is 11.9. The second-order valence-electron chi connectivity index (χ2n) is 4.72. The minimum Gasteiger partial charge on any atom is -0.469 e. The average Bonchev–Trinajstić information content (AvgIpc) is 2.14. The Morgan fingerprint density at radius 3 is 2.00 bits per heavy atom. The molecule has 4 nitrogen and oxygen atoms in total. The summed E-state index contributed by atoms with van der Waals surface area (Å²) >= 11 is 0. The van der Waals surface area contributed by atoms with Crippen molar-refractivity contribution in [3.8, 4) is 0 Å². The first kappa shape index (κ1) is 14.1. The SMILES string of the molecule is CC[C@@](O)(CC(=O)OC)C(=O)C(C)(C)C. The van der Waals surface area contributed by atoms with Crippen LogP contribution in [-0.2, 0) is 14.3 Å². The van der Waals surface area contributed by atoms with Crippen molar-refractivity contribution in [1.82, 2.24) is 0 Å². The molecule has 0 rings (SSSR count). The number of ketones is 1. The van der Waals surface area contributed by atoms with Gasteiger partial charge in [0.1, 0.15) is 5.60 Å². The first-order valence-corrected chi connectivity index (χ1v) is 5.01. The molecule has 0 radical (unpaired) electrons. The molecule has 0 aliphatic carbocycles. The summed E-state index contributed by atoms with van der Waals surface area (Å²) in [6.45, 7) is 6.82. The molecule has 0 aromatic carbocycles. The van der Waals surface area contributed by atoms with Gasteiger partial charge in [0.25, 0.3) is 0 Å². The molecule has 0 aromatic rings. The Morgan fingerprint density at radius 2 is 1.73 bits per heavy atom. The molecule has 0 fully saturated rings. The molecule has 0 saturated carbocycles. The van der Waals surface area contributed by atoms with Crippen LogP contribution in [-0.4, -0.2) is 29.6 Å². The van der Waals surface area contributed by atoms with Gasteiger partial charge in [-0.05, 0) is 6.42 Å². The summed E-state index contributed by atoms with van der Waals surface area (Å²) in [5.74, 6) is -0.903. The molecule has 15 heavy (non-hydrogen) atoms. The summed E-state index contributed by atoms with van der Waals surface area (Å²) in [6.07, 6.45) is -0.0751. The predicted octanol–water partition coefficient (Wildman–Crippen LogP) is 1.31. The zero-order chi connectivity index (χ0) is 12.3. The first-order chi connectivity index (χ1) is 6.67. The quantitative estimate of drug-likeness (QED) is 0.719. The third-order valence-corrected chi connectivity index (χ3v) is 2.35. The number of methoxy groups -OCH3 is 1. The van der Waals surface area contributed by atoms with Crippen LogP contribution in [0.4, 0.5) is 0 Å². The van der Waals surface area contributed by atoms with Crippen LogP contribution in [0.3, 0.4) is 0 Å². The van der Waals surface area contributed by atoms with Crippen molar-refractivity contribution in [3.05, 3.63) is 0 Å². The molecule has 1 N–H and O–H groups in total. The molecule has 0 spiro atoms. The Labute approximate surface area is 90.6 Å². The lowest BCUT2D eigenvalue weighted by Gasteiger charge is -2.30. The molecule has 0 saturated heterocycles. The number of carbonyl (C=O) groups excluding carboxylic acids is 2. The Morgan fingerprint density at radius 1 is 1.27 bits per heavy atom. The molecule has 0 bridgehead atoms. The van der Waals surface area contributed by atoms with Crippen LogP contribution in [0.25, 0.3) is 0 Å². The highest BCUT2D eigenvalue weighted by molar-refractivity contribution is 5.94. The number of carbonyl (C=O) groups is 2. The number of aliphatic hydroxyl groups is 1. The molecule has 0 unspecified atom stereocenters. The van der Waals surface area contributed by atoms with E-state index in [9.17, 15) is 14.7 Å². The van der Waals surface area contributed by atoms with Gasteiger partial charge in [-0.25, -0.2) is 0 Å². The third kappa shape index (κ3) is 3.63. The number of Topliss-reactive ketones (excluding diaryl/α,β-unsaturated/α-hetero) is 1. The standard InChI is InChI=1S/C11H20O4/c1-6-11(14,7-8(12)15-5)9(13)10(2,3)4/h14H,6-7H2,1-5H3/t11-/m1/s1. The van der Waals surface area contributed by atoms with E-state index in [1.165, 1.54) is 7.11 Å². The molecule has 0 heterocycles. The molecular weight excluding hydrogens is 196 g/mol. The van der Waals surface area contributed by atoms with Crippen LogP contribution in [0.2, 0.25) is 0 Å². The molecule has 0 amide bonds. The van der Waals surface area contributed by atoms with Gasteiger partial charge in [-0.3, -0.25) is 9.59 Å². The largest absolute Gasteiger partial charge is 0.469 e. The van der Waals surface area contributed by atoms with E-state index < -0.39 is 17.0 Å². The van der Waals surface area contributed by atoms with Gasteiger partial charge < -0.3 is 9.84 Å². The van der Waals surface area contributed by atoms with E-state index in [4.69, 9.17) is 0 Å². The van der Waals surface area contributed by atoms with Crippen molar-refractivity contribution in [2.24, 2.45) is 5.41 Å². The number of hydrogen-bond acceptors (Lipinski definition) is 4. The second kappa shape index (κ2) is 4.75. The molecule has 0 aliphatic heterocycles. The van der Waals surface area contributed by atoms with E-state index >= 15 is 0 Å². The molecule has 1 atom stereocenters. The van der Waals surface area contributed by atoms with Gasteiger partial charge in [-0.15, -0.1) is 0 Å². The van der Waals surface area contributed by atoms with Gasteiger partial charge in [0, 0.05) is 5.41 Å². The third-order valence-electron chi connectivity index (χ3n) is 2.35. The highest BCUT2D eigenvalue weighted by atomic mass is 16.5. The summed E-state index contributed by atoms with van der Waals surface area (Å²) in [4.78, 5) is 23.0. The van der Waals surface area contributed by atoms with Crippen LogP contribution in [0, 0.1) is 5.41 Å². The molecule has 88 valence electrons. The van der Waals surface area contributed by atoms with Gasteiger partial charge in [0.05, 0.1) is 13.5 Å². The highest BCUT2D eigenvalue weighted by Gasteiger charge is 2.42. The maximum Gasteiger partial charge on any atom is 0.308 e. The lowest BCUT2D eigenvalue weighted by Crippen LogP contribution is -2.46. The summed E-state index contributed by atoms with van der Waals surface area (Å²) in [5, 5.41) is 10.1. The Hall–Kier alpha value is -0.900. The van der Waals surface area contributed by atoms with Crippen LogP contribution in [0.1, 0.15) is 40.5 Å². The van der Waals surface area contributed by atoms with Crippen LogP contribution in [0.15, 0.2) is 0 Å². The molecule has 0 aromatic heterocycles. The fourth-order valence-electron chi connectivity index (χ4n) is 1.37.